The molecule has 0 saturated heterocycles. The van der Waals surface area contributed by atoms with Gasteiger partial charge in [0.25, 0.3) is 0 Å². The highest BCUT2D eigenvalue weighted by molar-refractivity contribution is 5.96. The van der Waals surface area contributed by atoms with E-state index in [1.165, 1.54) is 6.92 Å². The van der Waals surface area contributed by atoms with E-state index >= 15 is 0 Å². The number of nitrogens with two attached hydrogens (primary N) is 1. The third-order valence-electron chi connectivity index (χ3n) is 4.08. The summed E-state index contributed by atoms with van der Waals surface area (Å²) in [5.41, 5.74) is 6.91. The first kappa shape index (κ1) is 19.3. The van der Waals surface area contributed by atoms with Gasteiger partial charge in [-0.1, -0.05) is 6.42 Å². The number of nitrogens with one attached hydrogen (secondary N) is 2. The van der Waals surface area contributed by atoms with Gasteiger partial charge in [-0.2, -0.15) is 0 Å². The number of benzene rings is 1. The molecule has 1 saturated carbocycles. The van der Waals surface area contributed by atoms with Crippen LogP contribution in [0.25, 0.3) is 0 Å². The topological polar surface area (TPSA) is 93.5 Å². The van der Waals surface area contributed by atoms with E-state index in [0.29, 0.717) is 23.7 Å². The number of amides is 2. The zero-order valence-electron chi connectivity index (χ0n) is 13.4. The smallest absolute Gasteiger partial charge is 0.227 e. The van der Waals surface area contributed by atoms with Crippen LogP contribution in [0.3, 0.4) is 0 Å². The lowest BCUT2D eigenvalue weighted by Crippen LogP contribution is -2.29. The molecule has 6 nitrogen and oxygen atoms in total. The third kappa shape index (κ3) is 4.84. The van der Waals surface area contributed by atoms with Crippen molar-refractivity contribution in [2.45, 2.75) is 26.2 Å². The van der Waals surface area contributed by atoms with Gasteiger partial charge in [0.2, 0.25) is 11.8 Å². The second kappa shape index (κ2) is 8.74. The van der Waals surface area contributed by atoms with Gasteiger partial charge in [-0.05, 0) is 43.5 Å². The molecule has 2 amide bonds. The van der Waals surface area contributed by atoms with Crippen molar-refractivity contribution < 1.29 is 14.3 Å². The van der Waals surface area contributed by atoms with Gasteiger partial charge < -0.3 is 21.1 Å². The Labute approximate surface area is 142 Å². The molecule has 128 valence electrons. The van der Waals surface area contributed by atoms with Gasteiger partial charge in [0.15, 0.2) is 0 Å². The van der Waals surface area contributed by atoms with E-state index in [1.54, 1.807) is 25.3 Å². The van der Waals surface area contributed by atoms with Gasteiger partial charge in [-0.15, -0.1) is 12.4 Å². The fraction of sp³-hybridized carbons (Fsp3) is 0.500. The van der Waals surface area contributed by atoms with Crippen molar-refractivity contribution in [3.05, 3.63) is 18.2 Å². The van der Waals surface area contributed by atoms with Gasteiger partial charge in [-0.3, -0.25) is 9.59 Å². The zero-order chi connectivity index (χ0) is 16.1. The standard InChI is InChI=1S/C16H23N3O3.ClH/c1-10(20)18-12-6-7-15(22-2)14(8-12)19-16(21)13-5-3-4-11(13)9-17;/h6-8,11,13H,3-5,9,17H2,1-2H3,(H,18,20)(H,19,21);1H/t11-,13-;/m1./s1. The molecule has 4 N–H and O–H groups in total. The van der Waals surface area contributed by atoms with Crippen LogP contribution in [-0.2, 0) is 9.59 Å². The monoisotopic (exact) mass is 341 g/mol. The van der Waals surface area contributed by atoms with Crippen LogP contribution in [0.4, 0.5) is 11.4 Å². The molecular weight excluding hydrogens is 318 g/mol. The summed E-state index contributed by atoms with van der Waals surface area (Å²) >= 11 is 0. The largest absolute Gasteiger partial charge is 0.495 e. The summed E-state index contributed by atoms with van der Waals surface area (Å²) in [7, 11) is 1.54. The maximum atomic E-state index is 12.5. The Kier molecular flexibility index (Phi) is 7.32. The van der Waals surface area contributed by atoms with Gasteiger partial charge in [0.05, 0.1) is 12.8 Å². The number of ether oxygens (including phenoxy) is 1. The molecule has 7 heteroatoms. The van der Waals surface area contributed by atoms with E-state index in [2.05, 4.69) is 10.6 Å². The zero-order valence-corrected chi connectivity index (χ0v) is 14.2. The highest BCUT2D eigenvalue weighted by atomic mass is 35.5. The summed E-state index contributed by atoms with van der Waals surface area (Å²) in [6.45, 7) is 1.97. The number of rotatable bonds is 5. The fourth-order valence-electron chi connectivity index (χ4n) is 2.98. The molecule has 2 atom stereocenters. The number of methoxy groups -OCH3 is 1. The summed E-state index contributed by atoms with van der Waals surface area (Å²) in [5, 5.41) is 5.60. The lowest BCUT2D eigenvalue weighted by Gasteiger charge is -2.19. The molecule has 1 fully saturated rings. The van der Waals surface area contributed by atoms with Crippen molar-refractivity contribution in [3.8, 4) is 5.75 Å². The summed E-state index contributed by atoms with van der Waals surface area (Å²) in [5.74, 6) is 0.543. The van der Waals surface area contributed by atoms with Crippen LogP contribution in [-0.4, -0.2) is 25.5 Å². The predicted octanol–water partition coefficient (Wildman–Crippen LogP) is 2.39. The van der Waals surface area contributed by atoms with Crippen LogP contribution in [0.5, 0.6) is 5.75 Å². The molecule has 0 unspecified atom stereocenters. The second-order valence-electron chi connectivity index (χ2n) is 5.62. The van der Waals surface area contributed by atoms with Gasteiger partial charge in [-0.25, -0.2) is 0 Å². The average molecular weight is 342 g/mol. The lowest BCUT2D eigenvalue weighted by molar-refractivity contribution is -0.120. The summed E-state index contributed by atoms with van der Waals surface area (Å²) in [6, 6.07) is 5.15. The Morgan fingerprint density at radius 2 is 2.04 bits per heavy atom. The maximum absolute atomic E-state index is 12.5. The fourth-order valence-corrected chi connectivity index (χ4v) is 2.98. The molecule has 1 aliphatic carbocycles. The molecule has 0 aliphatic heterocycles. The molecule has 1 aromatic carbocycles. The molecule has 0 aromatic heterocycles. The molecular formula is C16H24ClN3O3. The summed E-state index contributed by atoms with van der Waals surface area (Å²) < 4.78 is 5.27. The van der Waals surface area contributed by atoms with E-state index in [-0.39, 0.29) is 36.1 Å². The van der Waals surface area contributed by atoms with E-state index in [4.69, 9.17) is 10.5 Å². The number of carbonyl (C=O) groups is 2. The minimum Gasteiger partial charge on any atom is -0.495 e. The Hall–Kier alpha value is -1.79. The maximum Gasteiger partial charge on any atom is 0.227 e. The van der Waals surface area contributed by atoms with Crippen LogP contribution in [0.1, 0.15) is 26.2 Å². The Bertz CT molecular complexity index is 566. The number of carbonyl (C=O) groups excluding carboxylic acids is 2. The summed E-state index contributed by atoms with van der Waals surface area (Å²) in [4.78, 5) is 23.6. The molecule has 2 rings (SSSR count). The molecule has 1 aromatic rings. The highest BCUT2D eigenvalue weighted by Gasteiger charge is 2.32. The SMILES string of the molecule is COc1ccc(NC(C)=O)cc1NC(=O)[C@@H]1CCC[C@@H]1CN.Cl. The van der Waals surface area contributed by atoms with E-state index in [9.17, 15) is 9.59 Å². The van der Waals surface area contributed by atoms with E-state index < -0.39 is 0 Å². The number of hydrogen-bond donors (Lipinski definition) is 3. The molecule has 0 radical (unpaired) electrons. The highest BCUT2D eigenvalue weighted by Crippen LogP contribution is 2.34. The van der Waals surface area contributed by atoms with Crippen LogP contribution >= 0.6 is 12.4 Å². The van der Waals surface area contributed by atoms with Crippen molar-refractivity contribution in [1.82, 2.24) is 0 Å². The van der Waals surface area contributed by atoms with Crippen molar-refractivity contribution in [2.24, 2.45) is 17.6 Å². The Balaban J connectivity index is 0.00000264. The van der Waals surface area contributed by atoms with E-state index in [1.807, 2.05) is 0 Å². The number of anilines is 2. The molecule has 1 aliphatic rings. The number of hydrogen-bond acceptors (Lipinski definition) is 4. The summed E-state index contributed by atoms with van der Waals surface area (Å²) in [6.07, 6.45) is 2.89. The first-order valence-electron chi connectivity index (χ1n) is 7.51. The van der Waals surface area contributed by atoms with Crippen molar-refractivity contribution in [3.63, 3.8) is 0 Å². The van der Waals surface area contributed by atoms with Crippen molar-refractivity contribution in [1.29, 1.82) is 0 Å². The number of halogens is 1. The van der Waals surface area contributed by atoms with Crippen molar-refractivity contribution >= 4 is 35.6 Å². The van der Waals surface area contributed by atoms with Crippen LogP contribution in [0, 0.1) is 11.8 Å². The lowest BCUT2D eigenvalue weighted by atomic mass is 9.95. The van der Waals surface area contributed by atoms with Gasteiger partial charge >= 0.3 is 0 Å². The first-order chi connectivity index (χ1) is 10.5. The second-order valence-corrected chi connectivity index (χ2v) is 5.62. The molecule has 23 heavy (non-hydrogen) atoms. The third-order valence-corrected chi connectivity index (χ3v) is 4.08. The van der Waals surface area contributed by atoms with Crippen molar-refractivity contribution in [2.75, 3.05) is 24.3 Å². The van der Waals surface area contributed by atoms with Gasteiger partial charge in [0, 0.05) is 18.5 Å². The first-order valence-corrected chi connectivity index (χ1v) is 7.51. The van der Waals surface area contributed by atoms with Crippen LogP contribution in [0.15, 0.2) is 18.2 Å². The normalized spacial score (nSPS) is 19.6. The van der Waals surface area contributed by atoms with Crippen LogP contribution < -0.4 is 21.1 Å². The Morgan fingerprint density at radius 3 is 2.65 bits per heavy atom. The van der Waals surface area contributed by atoms with Gasteiger partial charge in [0.1, 0.15) is 5.75 Å². The molecule has 0 spiro atoms. The average Bonchev–Trinajstić information content (AvgIpc) is 2.95. The minimum atomic E-state index is -0.165. The Morgan fingerprint density at radius 1 is 1.30 bits per heavy atom. The molecule has 0 heterocycles. The van der Waals surface area contributed by atoms with E-state index in [0.717, 1.165) is 19.3 Å². The minimum absolute atomic E-state index is 0. The molecule has 0 bridgehead atoms. The van der Waals surface area contributed by atoms with Crippen LogP contribution in [0.2, 0.25) is 0 Å². The predicted molar refractivity (Wildman–Crippen MR) is 93.1 cm³/mol. The quantitative estimate of drug-likeness (QED) is 0.766.